The predicted octanol–water partition coefficient (Wildman–Crippen LogP) is 5.26. The van der Waals surface area contributed by atoms with Gasteiger partial charge in [0.1, 0.15) is 5.15 Å². The summed E-state index contributed by atoms with van der Waals surface area (Å²) in [6.45, 7) is 0. The van der Waals surface area contributed by atoms with Gasteiger partial charge in [-0.15, -0.1) is 11.3 Å². The minimum Gasteiger partial charge on any atom is -0.232 e. The van der Waals surface area contributed by atoms with E-state index in [1.54, 1.807) is 11.3 Å². The van der Waals surface area contributed by atoms with Crippen molar-refractivity contribution in [3.8, 4) is 10.7 Å². The van der Waals surface area contributed by atoms with E-state index in [2.05, 4.69) is 41.8 Å². The molecule has 94 valence electrons. The third-order valence-electron chi connectivity index (χ3n) is 3.00. The van der Waals surface area contributed by atoms with E-state index >= 15 is 0 Å². The maximum absolute atomic E-state index is 6.27. The Hall–Kier alpha value is 0.0300. The Balaban J connectivity index is 2.10. The lowest BCUT2D eigenvalue weighted by atomic mass is 9.97. The average Bonchev–Trinajstić information content (AvgIpc) is 2.70. The highest BCUT2D eigenvalue weighted by Gasteiger charge is 2.18. The molecule has 0 bridgehead atoms. The highest BCUT2D eigenvalue weighted by Crippen LogP contribution is 2.38. The van der Waals surface area contributed by atoms with Crippen LogP contribution >= 0.6 is 54.8 Å². The molecular weight excluding hydrogens is 399 g/mol. The standard InChI is InChI=1S/C12H9Br2ClN2S/c13-7-5-9(18-10(7)14)12-16-8-4-2-1-3-6(8)11(15)17-12/h5H,1-4H2. The van der Waals surface area contributed by atoms with E-state index < -0.39 is 0 Å². The van der Waals surface area contributed by atoms with Gasteiger partial charge in [-0.3, -0.25) is 0 Å². The van der Waals surface area contributed by atoms with E-state index in [0.29, 0.717) is 5.15 Å². The number of nitrogens with zero attached hydrogens (tertiary/aromatic N) is 2. The number of fused-ring (bicyclic) bond motifs is 1. The van der Waals surface area contributed by atoms with Crippen molar-refractivity contribution < 1.29 is 0 Å². The molecule has 0 unspecified atom stereocenters. The monoisotopic (exact) mass is 406 g/mol. The summed E-state index contributed by atoms with van der Waals surface area (Å²) in [4.78, 5) is 10.1. The zero-order chi connectivity index (χ0) is 12.7. The van der Waals surface area contributed by atoms with Crippen molar-refractivity contribution in [1.29, 1.82) is 0 Å². The second-order valence-electron chi connectivity index (χ2n) is 4.20. The van der Waals surface area contributed by atoms with E-state index in [-0.39, 0.29) is 0 Å². The Labute approximate surface area is 131 Å². The Morgan fingerprint density at radius 3 is 2.67 bits per heavy atom. The molecule has 2 heterocycles. The van der Waals surface area contributed by atoms with Crippen molar-refractivity contribution >= 4 is 54.8 Å². The lowest BCUT2D eigenvalue weighted by molar-refractivity contribution is 0.664. The third kappa shape index (κ3) is 2.38. The van der Waals surface area contributed by atoms with Crippen molar-refractivity contribution in [2.45, 2.75) is 25.7 Å². The van der Waals surface area contributed by atoms with E-state index in [1.807, 2.05) is 6.07 Å². The first kappa shape index (κ1) is 13.0. The quantitative estimate of drug-likeness (QED) is 0.602. The second kappa shape index (κ2) is 5.19. The summed E-state index contributed by atoms with van der Waals surface area (Å²) in [5, 5.41) is 0.621. The van der Waals surface area contributed by atoms with Gasteiger partial charge in [-0.2, -0.15) is 0 Å². The number of aromatic nitrogens is 2. The summed E-state index contributed by atoms with van der Waals surface area (Å²) >= 11 is 14.9. The topological polar surface area (TPSA) is 25.8 Å². The molecule has 2 nitrogen and oxygen atoms in total. The van der Waals surface area contributed by atoms with Crippen LogP contribution in [-0.4, -0.2) is 9.97 Å². The van der Waals surface area contributed by atoms with E-state index in [0.717, 1.165) is 43.1 Å². The van der Waals surface area contributed by atoms with Gasteiger partial charge >= 0.3 is 0 Å². The van der Waals surface area contributed by atoms with Crippen molar-refractivity contribution in [2.24, 2.45) is 0 Å². The van der Waals surface area contributed by atoms with E-state index in [1.165, 1.54) is 12.8 Å². The van der Waals surface area contributed by atoms with Crippen molar-refractivity contribution in [2.75, 3.05) is 0 Å². The first-order valence-corrected chi connectivity index (χ1v) is 8.43. The molecule has 0 aromatic carbocycles. The van der Waals surface area contributed by atoms with Crippen LogP contribution in [0.15, 0.2) is 14.3 Å². The smallest absolute Gasteiger partial charge is 0.171 e. The second-order valence-corrected chi connectivity index (χ2v) is 7.79. The number of hydrogen-bond acceptors (Lipinski definition) is 3. The Kier molecular flexibility index (Phi) is 3.76. The van der Waals surface area contributed by atoms with Crippen LogP contribution in [0.3, 0.4) is 0 Å². The van der Waals surface area contributed by atoms with Crippen LogP contribution in [0, 0.1) is 0 Å². The molecule has 0 radical (unpaired) electrons. The fraction of sp³-hybridized carbons (Fsp3) is 0.333. The van der Waals surface area contributed by atoms with Crippen LogP contribution in [0.4, 0.5) is 0 Å². The molecule has 0 aliphatic heterocycles. The van der Waals surface area contributed by atoms with Gasteiger partial charge in [-0.25, -0.2) is 9.97 Å². The zero-order valence-electron chi connectivity index (χ0n) is 9.34. The molecule has 0 saturated heterocycles. The maximum atomic E-state index is 6.27. The Morgan fingerprint density at radius 2 is 1.94 bits per heavy atom. The number of rotatable bonds is 1. The van der Waals surface area contributed by atoms with E-state index in [4.69, 9.17) is 11.6 Å². The molecule has 1 aliphatic carbocycles. The molecule has 1 aliphatic rings. The number of thiophene rings is 1. The molecule has 2 aromatic heterocycles. The van der Waals surface area contributed by atoms with Crippen LogP contribution in [0.5, 0.6) is 0 Å². The van der Waals surface area contributed by atoms with Gasteiger partial charge in [0, 0.05) is 15.7 Å². The van der Waals surface area contributed by atoms with Gasteiger partial charge < -0.3 is 0 Å². The molecular formula is C12H9Br2ClN2S. The highest BCUT2D eigenvalue weighted by molar-refractivity contribution is 9.13. The van der Waals surface area contributed by atoms with Crippen LogP contribution in [0.2, 0.25) is 5.15 Å². The summed E-state index contributed by atoms with van der Waals surface area (Å²) in [5.74, 6) is 0.733. The molecule has 0 fully saturated rings. The van der Waals surface area contributed by atoms with Gasteiger partial charge in [0.2, 0.25) is 0 Å². The minimum absolute atomic E-state index is 0.621. The number of hydrogen-bond donors (Lipinski definition) is 0. The van der Waals surface area contributed by atoms with Gasteiger partial charge in [0.15, 0.2) is 5.82 Å². The van der Waals surface area contributed by atoms with Crippen LogP contribution in [-0.2, 0) is 12.8 Å². The summed E-state index contributed by atoms with van der Waals surface area (Å²) in [6.07, 6.45) is 4.40. The molecule has 6 heteroatoms. The Morgan fingerprint density at radius 1 is 1.17 bits per heavy atom. The highest BCUT2D eigenvalue weighted by atomic mass is 79.9. The number of aryl methyl sites for hydroxylation is 1. The molecule has 0 amide bonds. The molecule has 0 spiro atoms. The molecule has 2 aromatic rings. The molecule has 3 rings (SSSR count). The normalized spacial score (nSPS) is 14.6. The van der Waals surface area contributed by atoms with Crippen molar-refractivity contribution in [1.82, 2.24) is 9.97 Å². The van der Waals surface area contributed by atoms with Gasteiger partial charge in [-0.05, 0) is 63.6 Å². The van der Waals surface area contributed by atoms with Crippen LogP contribution < -0.4 is 0 Å². The predicted molar refractivity (Wildman–Crippen MR) is 82.4 cm³/mol. The molecule has 0 atom stereocenters. The fourth-order valence-electron chi connectivity index (χ4n) is 2.12. The summed E-state index contributed by atoms with van der Waals surface area (Å²) < 4.78 is 2.08. The van der Waals surface area contributed by atoms with Gasteiger partial charge in [-0.1, -0.05) is 11.6 Å². The Bertz CT molecular complexity index is 593. The van der Waals surface area contributed by atoms with Crippen LogP contribution in [0.1, 0.15) is 24.1 Å². The van der Waals surface area contributed by atoms with Gasteiger partial charge in [0.05, 0.1) is 8.66 Å². The van der Waals surface area contributed by atoms with Crippen LogP contribution in [0.25, 0.3) is 10.7 Å². The maximum Gasteiger partial charge on any atom is 0.171 e. The fourth-order valence-corrected chi connectivity index (χ4v) is 4.37. The minimum atomic E-state index is 0.621. The molecule has 0 N–H and O–H groups in total. The summed E-state index contributed by atoms with van der Waals surface area (Å²) in [7, 11) is 0. The average molecular weight is 409 g/mol. The van der Waals surface area contributed by atoms with E-state index in [9.17, 15) is 0 Å². The third-order valence-corrected chi connectivity index (χ3v) is 6.56. The lowest BCUT2D eigenvalue weighted by Gasteiger charge is -2.16. The number of halogens is 3. The zero-order valence-corrected chi connectivity index (χ0v) is 14.1. The molecule has 0 saturated carbocycles. The SMILES string of the molecule is Clc1nc(-c2cc(Br)c(Br)s2)nc2c1CCCC2. The molecule has 18 heavy (non-hydrogen) atoms. The first-order chi connectivity index (χ1) is 8.65. The lowest BCUT2D eigenvalue weighted by Crippen LogP contribution is -2.08. The van der Waals surface area contributed by atoms with Gasteiger partial charge in [0.25, 0.3) is 0 Å². The summed E-state index contributed by atoms with van der Waals surface area (Å²) in [5.41, 5.74) is 2.26. The first-order valence-electron chi connectivity index (χ1n) is 5.65. The summed E-state index contributed by atoms with van der Waals surface area (Å²) in [6, 6.07) is 2.02. The largest absolute Gasteiger partial charge is 0.232 e. The van der Waals surface area contributed by atoms with Crippen molar-refractivity contribution in [3.05, 3.63) is 30.7 Å². The van der Waals surface area contributed by atoms with Crippen molar-refractivity contribution in [3.63, 3.8) is 0 Å².